The molecule has 0 radical (unpaired) electrons. The highest BCUT2D eigenvalue weighted by atomic mass is 16.5. The number of urea groups is 1. The van der Waals surface area contributed by atoms with Crippen molar-refractivity contribution < 1.29 is 14.3 Å². The molecule has 128 valence electrons. The number of amides is 2. The van der Waals surface area contributed by atoms with E-state index in [9.17, 15) is 4.79 Å². The van der Waals surface area contributed by atoms with Crippen molar-refractivity contribution in [2.24, 2.45) is 0 Å². The largest absolute Gasteiger partial charge is 0.497 e. The van der Waals surface area contributed by atoms with Crippen molar-refractivity contribution in [3.63, 3.8) is 0 Å². The van der Waals surface area contributed by atoms with E-state index in [1.54, 1.807) is 14.2 Å². The maximum atomic E-state index is 12.6. The molecule has 2 atom stereocenters. The van der Waals surface area contributed by atoms with Crippen molar-refractivity contribution in [3.05, 3.63) is 23.8 Å². The van der Waals surface area contributed by atoms with Crippen LogP contribution in [-0.2, 0) is 0 Å². The van der Waals surface area contributed by atoms with Crippen LogP contribution in [0.1, 0.15) is 51.1 Å². The van der Waals surface area contributed by atoms with Crippen LogP contribution in [0.25, 0.3) is 0 Å². The summed E-state index contributed by atoms with van der Waals surface area (Å²) in [5, 5.41) is 3.11. The molecule has 2 unspecified atom stereocenters. The van der Waals surface area contributed by atoms with Crippen molar-refractivity contribution in [2.45, 2.75) is 51.6 Å². The SMILES string of the molecule is CCC1CCCCN1C(=O)NC(C)c1ccc(OC)cc1OC. The van der Waals surface area contributed by atoms with Crippen molar-refractivity contribution in [3.8, 4) is 11.5 Å². The van der Waals surface area contributed by atoms with E-state index in [1.165, 1.54) is 6.42 Å². The molecule has 0 spiro atoms. The Hall–Kier alpha value is -1.91. The highest BCUT2D eigenvalue weighted by Crippen LogP contribution is 2.29. The molecule has 1 N–H and O–H groups in total. The average molecular weight is 320 g/mol. The second-order valence-corrected chi connectivity index (χ2v) is 6.03. The number of carbonyl (C=O) groups is 1. The molecule has 1 saturated heterocycles. The smallest absolute Gasteiger partial charge is 0.318 e. The van der Waals surface area contributed by atoms with Crippen LogP contribution < -0.4 is 14.8 Å². The van der Waals surface area contributed by atoms with Crippen molar-refractivity contribution in [1.29, 1.82) is 0 Å². The lowest BCUT2D eigenvalue weighted by Gasteiger charge is -2.36. The second kappa shape index (κ2) is 8.09. The molecule has 2 amide bonds. The fourth-order valence-corrected chi connectivity index (χ4v) is 3.21. The zero-order valence-electron chi connectivity index (χ0n) is 14.6. The van der Waals surface area contributed by atoms with Crippen molar-refractivity contribution in [2.75, 3.05) is 20.8 Å². The number of piperidine rings is 1. The van der Waals surface area contributed by atoms with Crippen molar-refractivity contribution >= 4 is 6.03 Å². The van der Waals surface area contributed by atoms with Gasteiger partial charge in [-0.25, -0.2) is 4.79 Å². The van der Waals surface area contributed by atoms with E-state index in [2.05, 4.69) is 12.2 Å². The zero-order chi connectivity index (χ0) is 16.8. The molecule has 5 heteroatoms. The van der Waals surface area contributed by atoms with Gasteiger partial charge in [0.05, 0.1) is 20.3 Å². The maximum Gasteiger partial charge on any atom is 0.318 e. The van der Waals surface area contributed by atoms with Gasteiger partial charge in [-0.3, -0.25) is 0 Å². The van der Waals surface area contributed by atoms with Gasteiger partial charge in [0, 0.05) is 24.2 Å². The summed E-state index contributed by atoms with van der Waals surface area (Å²) < 4.78 is 10.7. The molecule has 1 aliphatic rings. The summed E-state index contributed by atoms with van der Waals surface area (Å²) in [5.41, 5.74) is 0.951. The summed E-state index contributed by atoms with van der Waals surface area (Å²) in [7, 11) is 3.26. The third-order valence-electron chi connectivity index (χ3n) is 4.61. The van der Waals surface area contributed by atoms with Gasteiger partial charge >= 0.3 is 6.03 Å². The number of ether oxygens (including phenoxy) is 2. The topological polar surface area (TPSA) is 50.8 Å². The van der Waals surface area contributed by atoms with Crippen LogP contribution in [0.15, 0.2) is 18.2 Å². The highest BCUT2D eigenvalue weighted by Gasteiger charge is 2.26. The molecule has 2 rings (SSSR count). The minimum absolute atomic E-state index is 0.0157. The summed E-state index contributed by atoms with van der Waals surface area (Å²) in [6, 6.07) is 5.92. The number of nitrogens with one attached hydrogen (secondary N) is 1. The van der Waals surface area contributed by atoms with Gasteiger partial charge < -0.3 is 19.7 Å². The Kier molecular flexibility index (Phi) is 6.13. The van der Waals surface area contributed by atoms with Crippen LogP contribution in [0, 0.1) is 0 Å². The van der Waals surface area contributed by atoms with Gasteiger partial charge in [0.25, 0.3) is 0 Å². The van der Waals surface area contributed by atoms with Gasteiger partial charge in [0.1, 0.15) is 11.5 Å². The van der Waals surface area contributed by atoms with E-state index in [4.69, 9.17) is 9.47 Å². The van der Waals surface area contributed by atoms with E-state index >= 15 is 0 Å². The molecule has 0 bridgehead atoms. The Balaban J connectivity index is 2.08. The number of rotatable bonds is 5. The Morgan fingerprint density at radius 1 is 1.35 bits per heavy atom. The molecule has 0 aromatic heterocycles. The number of hydrogen-bond donors (Lipinski definition) is 1. The van der Waals surface area contributed by atoms with Crippen LogP contribution in [0.4, 0.5) is 4.79 Å². The molecule has 1 aliphatic heterocycles. The molecule has 0 saturated carbocycles. The first-order chi connectivity index (χ1) is 11.1. The van der Waals surface area contributed by atoms with Crippen molar-refractivity contribution in [1.82, 2.24) is 10.2 Å². The summed E-state index contributed by atoms with van der Waals surface area (Å²) in [5.74, 6) is 1.47. The quantitative estimate of drug-likeness (QED) is 0.899. The number of hydrogen-bond acceptors (Lipinski definition) is 3. The number of methoxy groups -OCH3 is 2. The summed E-state index contributed by atoms with van der Waals surface area (Å²) in [6.45, 7) is 4.97. The first kappa shape index (κ1) is 17.4. The molecule has 1 aromatic carbocycles. The van der Waals surface area contributed by atoms with Crippen LogP contribution in [-0.4, -0.2) is 37.7 Å². The zero-order valence-corrected chi connectivity index (χ0v) is 14.6. The first-order valence-corrected chi connectivity index (χ1v) is 8.39. The molecular weight excluding hydrogens is 292 g/mol. The summed E-state index contributed by atoms with van der Waals surface area (Å²) >= 11 is 0. The van der Waals surface area contributed by atoms with Gasteiger partial charge in [-0.05, 0) is 44.7 Å². The Bertz CT molecular complexity index is 533. The van der Waals surface area contributed by atoms with Gasteiger partial charge in [-0.15, -0.1) is 0 Å². The number of carbonyl (C=O) groups excluding carboxylic acids is 1. The van der Waals surface area contributed by atoms with Gasteiger partial charge in [-0.1, -0.05) is 6.92 Å². The normalized spacial score (nSPS) is 19.1. The predicted octanol–water partition coefficient (Wildman–Crippen LogP) is 3.74. The highest BCUT2D eigenvalue weighted by molar-refractivity contribution is 5.75. The van der Waals surface area contributed by atoms with E-state index < -0.39 is 0 Å². The van der Waals surface area contributed by atoms with E-state index in [0.717, 1.165) is 42.9 Å². The number of likely N-dealkylation sites (tertiary alicyclic amines) is 1. The number of benzene rings is 1. The molecule has 1 aromatic rings. The first-order valence-electron chi connectivity index (χ1n) is 8.39. The fraction of sp³-hybridized carbons (Fsp3) is 0.611. The molecule has 1 heterocycles. The standard InChI is InChI=1S/C18H28N2O3/c1-5-14-8-6-7-11-20(14)18(21)19-13(2)16-10-9-15(22-3)12-17(16)23-4/h9-10,12-14H,5-8,11H2,1-4H3,(H,19,21). The van der Waals surface area contributed by atoms with Gasteiger partial charge in [-0.2, -0.15) is 0 Å². The van der Waals surface area contributed by atoms with Crippen LogP contribution in [0.5, 0.6) is 11.5 Å². The monoisotopic (exact) mass is 320 g/mol. The Morgan fingerprint density at radius 2 is 2.13 bits per heavy atom. The molecule has 1 fully saturated rings. The van der Waals surface area contributed by atoms with Crippen LogP contribution >= 0.6 is 0 Å². The lowest BCUT2D eigenvalue weighted by Crippen LogP contribution is -2.48. The summed E-state index contributed by atoms with van der Waals surface area (Å²) in [6.07, 6.45) is 4.41. The fourth-order valence-electron chi connectivity index (χ4n) is 3.21. The van der Waals surface area contributed by atoms with E-state index in [-0.39, 0.29) is 12.1 Å². The third-order valence-corrected chi connectivity index (χ3v) is 4.61. The lowest BCUT2D eigenvalue weighted by molar-refractivity contribution is 0.146. The van der Waals surface area contributed by atoms with Crippen LogP contribution in [0.3, 0.4) is 0 Å². The molecular formula is C18H28N2O3. The van der Waals surface area contributed by atoms with Gasteiger partial charge in [0.15, 0.2) is 0 Å². The van der Waals surface area contributed by atoms with E-state index in [0.29, 0.717) is 6.04 Å². The molecule has 5 nitrogen and oxygen atoms in total. The minimum atomic E-state index is -0.122. The van der Waals surface area contributed by atoms with Gasteiger partial charge in [0.2, 0.25) is 0 Å². The Labute approximate surface area is 139 Å². The second-order valence-electron chi connectivity index (χ2n) is 6.03. The predicted molar refractivity (Wildman–Crippen MR) is 91.1 cm³/mol. The third kappa shape index (κ3) is 4.09. The van der Waals surface area contributed by atoms with E-state index in [1.807, 2.05) is 30.0 Å². The lowest BCUT2D eigenvalue weighted by atomic mass is 10.0. The maximum absolute atomic E-state index is 12.6. The van der Waals surface area contributed by atoms with Crippen LogP contribution in [0.2, 0.25) is 0 Å². The molecule has 23 heavy (non-hydrogen) atoms. The average Bonchev–Trinajstić information content (AvgIpc) is 2.60. The molecule has 0 aliphatic carbocycles. The number of nitrogens with zero attached hydrogens (tertiary/aromatic N) is 1. The Morgan fingerprint density at radius 3 is 2.78 bits per heavy atom. The minimum Gasteiger partial charge on any atom is -0.497 e. The summed E-state index contributed by atoms with van der Waals surface area (Å²) in [4.78, 5) is 14.6.